The normalized spacial score (nSPS) is 14.5. The first-order valence-corrected chi connectivity index (χ1v) is 9.67. The summed E-state index contributed by atoms with van der Waals surface area (Å²) in [6, 6.07) is 3.20. The second-order valence-corrected chi connectivity index (χ2v) is 6.93. The smallest absolute Gasteiger partial charge is 0.421 e. The molecule has 2 aromatic heterocycles. The van der Waals surface area contributed by atoms with Crippen LogP contribution in [-0.4, -0.2) is 61.2 Å². The Bertz CT molecular complexity index is 1140. The number of amides is 1. The SMILES string of the molecule is CNc1nc(Nc2cc3occ(C(=O)N4CCOCC4)c3cc2OC)ncc1C(F)(F)F. The summed E-state index contributed by atoms with van der Waals surface area (Å²) in [5.74, 6) is -0.286. The van der Waals surface area contributed by atoms with Gasteiger partial charge in [-0.2, -0.15) is 18.2 Å². The van der Waals surface area contributed by atoms with Crippen molar-refractivity contribution >= 4 is 34.3 Å². The number of halogens is 3. The van der Waals surface area contributed by atoms with Crippen molar-refractivity contribution in [1.29, 1.82) is 0 Å². The van der Waals surface area contributed by atoms with Gasteiger partial charge in [-0.05, 0) is 6.07 Å². The first-order chi connectivity index (χ1) is 15.3. The van der Waals surface area contributed by atoms with E-state index in [9.17, 15) is 18.0 Å². The Labute approximate surface area is 180 Å². The summed E-state index contributed by atoms with van der Waals surface area (Å²) in [4.78, 5) is 22.2. The molecule has 9 nitrogen and oxygen atoms in total. The number of alkyl halides is 3. The highest BCUT2D eigenvalue weighted by Crippen LogP contribution is 2.37. The van der Waals surface area contributed by atoms with Gasteiger partial charge < -0.3 is 29.4 Å². The van der Waals surface area contributed by atoms with E-state index in [2.05, 4.69) is 20.6 Å². The van der Waals surface area contributed by atoms with Crippen LogP contribution in [0, 0.1) is 0 Å². The van der Waals surface area contributed by atoms with Crippen LogP contribution in [0.15, 0.2) is 29.0 Å². The topological polar surface area (TPSA) is 102 Å². The largest absolute Gasteiger partial charge is 0.495 e. The van der Waals surface area contributed by atoms with Gasteiger partial charge in [-0.1, -0.05) is 0 Å². The fourth-order valence-corrected chi connectivity index (χ4v) is 3.38. The van der Waals surface area contributed by atoms with Crippen LogP contribution < -0.4 is 15.4 Å². The summed E-state index contributed by atoms with van der Waals surface area (Å²) in [6.45, 7) is 1.92. The summed E-state index contributed by atoms with van der Waals surface area (Å²) in [6.07, 6.45) is -2.53. The molecule has 1 aliphatic rings. The highest BCUT2D eigenvalue weighted by atomic mass is 19.4. The number of hydrogen-bond acceptors (Lipinski definition) is 8. The number of aromatic nitrogens is 2. The van der Waals surface area contributed by atoms with Crippen molar-refractivity contribution < 1.29 is 31.9 Å². The van der Waals surface area contributed by atoms with Gasteiger partial charge in [0.1, 0.15) is 29.0 Å². The number of methoxy groups -OCH3 is 1. The Morgan fingerprint density at radius 1 is 1.25 bits per heavy atom. The molecule has 1 fully saturated rings. The zero-order valence-electron chi connectivity index (χ0n) is 17.2. The molecule has 3 aromatic rings. The van der Waals surface area contributed by atoms with E-state index in [1.165, 1.54) is 20.4 Å². The Hall–Kier alpha value is -3.54. The van der Waals surface area contributed by atoms with Crippen molar-refractivity contribution in [3.63, 3.8) is 0 Å². The third-order valence-electron chi connectivity index (χ3n) is 5.00. The first kappa shape index (κ1) is 21.7. The third-order valence-corrected chi connectivity index (χ3v) is 5.00. The molecule has 12 heteroatoms. The predicted molar refractivity (Wildman–Crippen MR) is 109 cm³/mol. The zero-order chi connectivity index (χ0) is 22.9. The van der Waals surface area contributed by atoms with Crippen LogP contribution >= 0.6 is 0 Å². The molecular formula is C20H20F3N5O4. The van der Waals surface area contributed by atoms with Crippen LogP contribution in [0.25, 0.3) is 11.0 Å². The summed E-state index contributed by atoms with van der Waals surface area (Å²) < 4.78 is 55.5. The van der Waals surface area contributed by atoms with E-state index in [-0.39, 0.29) is 17.7 Å². The molecule has 0 unspecified atom stereocenters. The van der Waals surface area contributed by atoms with Gasteiger partial charge in [0.05, 0.1) is 31.6 Å². The van der Waals surface area contributed by atoms with E-state index in [0.717, 1.165) is 0 Å². The number of hydrogen-bond donors (Lipinski definition) is 2. The number of furan rings is 1. The van der Waals surface area contributed by atoms with E-state index < -0.39 is 11.7 Å². The standard InChI is InChI=1S/C20H20F3N5O4/c1-24-17-13(20(21,22)23)9-25-19(27-17)26-14-8-15-11(7-16(14)30-2)12(10-32-15)18(29)28-3-5-31-6-4-28/h7-10H,3-6H2,1-2H3,(H2,24,25,26,27). The molecule has 0 aliphatic carbocycles. The van der Waals surface area contributed by atoms with Gasteiger partial charge in [0.15, 0.2) is 0 Å². The predicted octanol–water partition coefficient (Wildman–Crippen LogP) is 3.51. The summed E-state index contributed by atoms with van der Waals surface area (Å²) in [5.41, 5.74) is 0.160. The molecule has 0 atom stereocenters. The number of carbonyl (C=O) groups excluding carboxylic acids is 1. The molecule has 2 N–H and O–H groups in total. The second-order valence-electron chi connectivity index (χ2n) is 6.93. The monoisotopic (exact) mass is 451 g/mol. The lowest BCUT2D eigenvalue weighted by atomic mass is 10.1. The van der Waals surface area contributed by atoms with E-state index in [1.54, 1.807) is 17.0 Å². The lowest BCUT2D eigenvalue weighted by Crippen LogP contribution is -2.40. The molecule has 0 bridgehead atoms. The van der Waals surface area contributed by atoms with Crippen LogP contribution in [-0.2, 0) is 10.9 Å². The number of rotatable bonds is 5. The van der Waals surface area contributed by atoms with Gasteiger partial charge in [0.25, 0.3) is 5.91 Å². The number of carbonyl (C=O) groups is 1. The number of nitrogens with zero attached hydrogens (tertiary/aromatic N) is 3. The second kappa shape index (κ2) is 8.54. The molecule has 1 amide bonds. The number of nitrogens with one attached hydrogen (secondary N) is 2. The maximum absolute atomic E-state index is 13.1. The maximum atomic E-state index is 13.1. The molecule has 0 saturated carbocycles. The van der Waals surface area contributed by atoms with Crippen molar-refractivity contribution in [3.8, 4) is 5.75 Å². The molecule has 0 radical (unpaired) electrons. The van der Waals surface area contributed by atoms with Crippen molar-refractivity contribution in [1.82, 2.24) is 14.9 Å². The van der Waals surface area contributed by atoms with Crippen LogP contribution in [0.2, 0.25) is 0 Å². The van der Waals surface area contributed by atoms with E-state index in [0.29, 0.717) is 60.5 Å². The molecule has 3 heterocycles. The summed E-state index contributed by atoms with van der Waals surface area (Å²) in [5, 5.41) is 5.82. The fraction of sp³-hybridized carbons (Fsp3) is 0.350. The van der Waals surface area contributed by atoms with Gasteiger partial charge in [-0.3, -0.25) is 4.79 Å². The summed E-state index contributed by atoms with van der Waals surface area (Å²) in [7, 11) is 2.77. The Morgan fingerprint density at radius 2 is 2.00 bits per heavy atom. The Kier molecular flexibility index (Phi) is 5.78. The average molecular weight is 451 g/mol. The zero-order valence-corrected chi connectivity index (χ0v) is 17.2. The number of benzene rings is 1. The van der Waals surface area contributed by atoms with Crippen molar-refractivity contribution in [2.75, 3.05) is 51.1 Å². The van der Waals surface area contributed by atoms with Gasteiger partial charge in [-0.25, -0.2) is 4.98 Å². The van der Waals surface area contributed by atoms with Crippen molar-refractivity contribution in [2.45, 2.75) is 6.18 Å². The highest BCUT2D eigenvalue weighted by Gasteiger charge is 2.35. The number of anilines is 3. The van der Waals surface area contributed by atoms with Crippen LogP contribution in [0.3, 0.4) is 0 Å². The van der Waals surface area contributed by atoms with Crippen LogP contribution in [0.5, 0.6) is 5.75 Å². The molecule has 4 rings (SSSR count). The summed E-state index contributed by atoms with van der Waals surface area (Å²) >= 11 is 0. The maximum Gasteiger partial charge on any atom is 0.421 e. The number of ether oxygens (including phenoxy) is 2. The molecular weight excluding hydrogens is 431 g/mol. The lowest BCUT2D eigenvalue weighted by Gasteiger charge is -2.26. The Morgan fingerprint density at radius 3 is 2.66 bits per heavy atom. The lowest BCUT2D eigenvalue weighted by molar-refractivity contribution is -0.137. The molecule has 170 valence electrons. The molecule has 0 spiro atoms. The molecule has 1 saturated heterocycles. The number of fused-ring (bicyclic) bond motifs is 1. The first-order valence-electron chi connectivity index (χ1n) is 9.67. The van der Waals surface area contributed by atoms with Crippen molar-refractivity contribution in [2.24, 2.45) is 0 Å². The molecule has 32 heavy (non-hydrogen) atoms. The van der Waals surface area contributed by atoms with Gasteiger partial charge >= 0.3 is 6.18 Å². The van der Waals surface area contributed by atoms with Crippen molar-refractivity contribution in [3.05, 3.63) is 35.7 Å². The minimum Gasteiger partial charge on any atom is -0.495 e. The van der Waals surface area contributed by atoms with Crippen LogP contribution in [0.1, 0.15) is 15.9 Å². The van der Waals surface area contributed by atoms with Gasteiger partial charge in [-0.15, -0.1) is 0 Å². The molecule has 1 aromatic carbocycles. The van der Waals surface area contributed by atoms with Crippen LogP contribution in [0.4, 0.5) is 30.6 Å². The van der Waals surface area contributed by atoms with Gasteiger partial charge in [0.2, 0.25) is 5.95 Å². The quantitative estimate of drug-likeness (QED) is 0.608. The third kappa shape index (κ3) is 4.13. The van der Waals surface area contributed by atoms with Gasteiger partial charge in [0, 0.05) is 37.8 Å². The minimum atomic E-state index is -4.59. The fourth-order valence-electron chi connectivity index (χ4n) is 3.38. The minimum absolute atomic E-state index is 0.0730. The Balaban J connectivity index is 1.66. The van der Waals surface area contributed by atoms with E-state index >= 15 is 0 Å². The highest BCUT2D eigenvalue weighted by molar-refractivity contribution is 6.07. The molecule has 1 aliphatic heterocycles. The average Bonchev–Trinajstić information content (AvgIpc) is 3.20. The van der Waals surface area contributed by atoms with E-state index in [4.69, 9.17) is 13.9 Å². The number of morpholine rings is 1. The van der Waals surface area contributed by atoms with E-state index in [1.807, 2.05) is 0 Å².